The van der Waals surface area contributed by atoms with Crippen LogP contribution in [0.4, 0.5) is 8.78 Å². The lowest BCUT2D eigenvalue weighted by Crippen LogP contribution is -2.49. The number of rotatable bonds is 7. The van der Waals surface area contributed by atoms with Crippen LogP contribution in [0, 0.1) is 0 Å². The first kappa shape index (κ1) is 21.7. The minimum Gasteiger partial charge on any atom is -0.493 e. The summed E-state index contributed by atoms with van der Waals surface area (Å²) in [5, 5.41) is 6.71. The summed E-state index contributed by atoms with van der Waals surface area (Å²) in [7, 11) is 2.97. The Morgan fingerprint density at radius 1 is 1.25 bits per heavy atom. The molecule has 32 heavy (non-hydrogen) atoms. The molecule has 2 heterocycles. The third-order valence-corrected chi connectivity index (χ3v) is 5.34. The molecule has 4 rings (SSSR count). The third-order valence-electron chi connectivity index (χ3n) is 5.34. The van der Waals surface area contributed by atoms with Crippen molar-refractivity contribution in [2.24, 2.45) is 0 Å². The molecule has 0 spiro atoms. The summed E-state index contributed by atoms with van der Waals surface area (Å²) in [6.45, 7) is -2.11. The highest BCUT2D eigenvalue weighted by atomic mass is 19.3. The average molecular weight is 444 g/mol. The van der Waals surface area contributed by atoms with Gasteiger partial charge in [0.2, 0.25) is 17.6 Å². The number of likely N-dealkylation sites (N-methyl/N-ethyl adjacent to an activating group) is 1. The van der Waals surface area contributed by atoms with Crippen molar-refractivity contribution in [3.63, 3.8) is 0 Å². The van der Waals surface area contributed by atoms with Crippen molar-refractivity contribution in [1.82, 2.24) is 20.4 Å². The number of nitrogens with zero attached hydrogens (tertiary/aromatic N) is 3. The quantitative estimate of drug-likeness (QED) is 0.599. The van der Waals surface area contributed by atoms with E-state index in [1.165, 1.54) is 19.2 Å². The van der Waals surface area contributed by atoms with Crippen molar-refractivity contribution in [2.75, 3.05) is 14.2 Å². The van der Waals surface area contributed by atoms with E-state index in [0.717, 1.165) is 11.1 Å². The summed E-state index contributed by atoms with van der Waals surface area (Å²) in [4.78, 5) is 18.9. The molecule has 3 aromatic rings. The maximum absolute atomic E-state index is 12.5. The number of halogens is 2. The number of carbonyl (C=O) groups excluding carboxylic acids is 1. The fraction of sp³-hybridized carbons (Fsp3) is 0.318. The van der Waals surface area contributed by atoms with Crippen LogP contribution in [-0.2, 0) is 24.3 Å². The molecule has 1 atom stereocenters. The summed E-state index contributed by atoms with van der Waals surface area (Å²) in [6, 6.07) is 12.0. The molecule has 2 aromatic carbocycles. The fourth-order valence-corrected chi connectivity index (χ4v) is 3.78. The summed E-state index contributed by atoms with van der Waals surface area (Å²) in [6.07, 6.45) is 0.583. The lowest BCUT2D eigenvalue weighted by Gasteiger charge is -2.34. The highest BCUT2D eigenvalue weighted by molar-refractivity contribution is 5.82. The molecule has 168 valence electrons. The molecule has 1 aliphatic rings. The van der Waals surface area contributed by atoms with Gasteiger partial charge in [-0.05, 0) is 35.7 Å². The summed E-state index contributed by atoms with van der Waals surface area (Å²) >= 11 is 0. The summed E-state index contributed by atoms with van der Waals surface area (Å²) in [5.74, 6) is 0.561. The minimum absolute atomic E-state index is 0.0846. The number of methoxy groups -OCH3 is 1. The predicted octanol–water partition coefficient (Wildman–Crippen LogP) is 3.02. The zero-order chi connectivity index (χ0) is 22.7. The van der Waals surface area contributed by atoms with Crippen LogP contribution in [0.25, 0.3) is 11.4 Å². The Balaban J connectivity index is 1.55. The number of hydrogen-bond acceptors (Lipinski definition) is 7. The third kappa shape index (κ3) is 4.54. The number of alkyl halides is 2. The van der Waals surface area contributed by atoms with Gasteiger partial charge in [0.1, 0.15) is 0 Å². The Bertz CT molecular complexity index is 1110. The maximum Gasteiger partial charge on any atom is 0.387 e. The van der Waals surface area contributed by atoms with Gasteiger partial charge in [-0.15, -0.1) is 0 Å². The molecule has 1 unspecified atom stereocenters. The zero-order valence-electron chi connectivity index (χ0n) is 17.5. The van der Waals surface area contributed by atoms with Gasteiger partial charge in [0.05, 0.1) is 19.7 Å². The van der Waals surface area contributed by atoms with Crippen LogP contribution < -0.4 is 14.8 Å². The summed E-state index contributed by atoms with van der Waals surface area (Å²) in [5.41, 5.74) is 2.80. The lowest BCUT2D eigenvalue weighted by atomic mass is 9.93. The molecule has 0 radical (unpaired) electrons. The number of nitrogens with one attached hydrogen (secondary N) is 1. The van der Waals surface area contributed by atoms with Crippen LogP contribution in [-0.4, -0.2) is 47.8 Å². The number of ether oxygens (including phenoxy) is 2. The van der Waals surface area contributed by atoms with Crippen molar-refractivity contribution in [1.29, 1.82) is 0 Å². The van der Waals surface area contributed by atoms with E-state index in [1.54, 1.807) is 13.1 Å². The van der Waals surface area contributed by atoms with Crippen LogP contribution in [0.1, 0.15) is 17.0 Å². The van der Waals surface area contributed by atoms with Crippen LogP contribution >= 0.6 is 0 Å². The molecule has 0 aliphatic carbocycles. The van der Waals surface area contributed by atoms with Crippen molar-refractivity contribution >= 4 is 5.91 Å². The molecule has 1 aliphatic heterocycles. The van der Waals surface area contributed by atoms with Gasteiger partial charge >= 0.3 is 6.61 Å². The molecule has 10 heteroatoms. The van der Waals surface area contributed by atoms with Crippen molar-refractivity contribution < 1.29 is 27.6 Å². The molecule has 1 N–H and O–H groups in total. The first-order chi connectivity index (χ1) is 15.5. The van der Waals surface area contributed by atoms with Crippen LogP contribution in [0.5, 0.6) is 11.5 Å². The highest BCUT2D eigenvalue weighted by Crippen LogP contribution is 2.33. The SMILES string of the molecule is CNC(=O)C1Cc2ccccc2CN1Cc1nc(-c2ccc(OC(F)F)c(OC)c2)no1. The molecule has 0 bridgehead atoms. The van der Waals surface area contributed by atoms with Crippen molar-refractivity contribution in [2.45, 2.75) is 32.2 Å². The second-order valence-electron chi connectivity index (χ2n) is 7.26. The largest absolute Gasteiger partial charge is 0.493 e. The van der Waals surface area contributed by atoms with Gasteiger partial charge in [-0.25, -0.2) is 0 Å². The van der Waals surface area contributed by atoms with Crippen LogP contribution in [0.15, 0.2) is 47.0 Å². The predicted molar refractivity (Wildman–Crippen MR) is 110 cm³/mol. The number of hydrogen-bond donors (Lipinski definition) is 1. The number of aromatic nitrogens is 2. The van der Waals surface area contributed by atoms with Gasteiger partial charge < -0.3 is 19.3 Å². The monoisotopic (exact) mass is 444 g/mol. The Morgan fingerprint density at radius 2 is 2.03 bits per heavy atom. The maximum atomic E-state index is 12.5. The highest BCUT2D eigenvalue weighted by Gasteiger charge is 2.32. The van der Waals surface area contributed by atoms with Crippen molar-refractivity contribution in [3.8, 4) is 22.9 Å². The van der Waals surface area contributed by atoms with Gasteiger partial charge in [0.15, 0.2) is 11.5 Å². The Hall–Kier alpha value is -3.53. The standard InChI is InChI=1S/C22H22F2N4O4/c1-25-21(29)16-9-13-5-3-4-6-15(13)11-28(16)12-19-26-20(27-32-19)14-7-8-17(31-22(23)24)18(10-14)30-2/h3-8,10,16,22H,9,11-12H2,1-2H3,(H,25,29). The first-order valence-corrected chi connectivity index (χ1v) is 9.96. The minimum atomic E-state index is -2.96. The molecule has 0 saturated carbocycles. The van der Waals surface area contributed by atoms with Crippen LogP contribution in [0.2, 0.25) is 0 Å². The molecular formula is C22H22F2N4O4. The van der Waals surface area contributed by atoms with Gasteiger partial charge in [-0.2, -0.15) is 13.8 Å². The normalized spacial score (nSPS) is 16.0. The summed E-state index contributed by atoms with van der Waals surface area (Å²) < 4.78 is 40.1. The molecule has 0 fully saturated rings. The molecule has 0 saturated heterocycles. The average Bonchev–Trinajstić information content (AvgIpc) is 3.26. The van der Waals surface area contributed by atoms with Crippen LogP contribution in [0.3, 0.4) is 0 Å². The van der Waals surface area contributed by atoms with E-state index in [2.05, 4.69) is 20.2 Å². The van der Waals surface area contributed by atoms with E-state index in [-0.39, 0.29) is 35.8 Å². The fourth-order valence-electron chi connectivity index (χ4n) is 3.78. The second-order valence-corrected chi connectivity index (χ2v) is 7.26. The smallest absolute Gasteiger partial charge is 0.387 e. The van der Waals surface area contributed by atoms with Crippen molar-refractivity contribution in [3.05, 3.63) is 59.5 Å². The van der Waals surface area contributed by atoms with Gasteiger partial charge in [-0.1, -0.05) is 29.4 Å². The molecular weight excluding hydrogens is 422 g/mol. The first-order valence-electron chi connectivity index (χ1n) is 9.96. The number of carbonyl (C=O) groups is 1. The zero-order valence-corrected chi connectivity index (χ0v) is 17.5. The topological polar surface area (TPSA) is 89.7 Å². The second kappa shape index (κ2) is 9.31. The van der Waals surface area contributed by atoms with E-state index in [4.69, 9.17) is 9.26 Å². The Kier molecular flexibility index (Phi) is 6.31. The van der Waals surface area contributed by atoms with Gasteiger partial charge in [0.25, 0.3) is 0 Å². The number of fused-ring (bicyclic) bond motifs is 1. The lowest BCUT2D eigenvalue weighted by molar-refractivity contribution is -0.127. The molecule has 1 amide bonds. The number of benzene rings is 2. The van der Waals surface area contributed by atoms with E-state index >= 15 is 0 Å². The van der Waals surface area contributed by atoms with Gasteiger partial charge in [-0.3, -0.25) is 9.69 Å². The number of amides is 1. The van der Waals surface area contributed by atoms with Gasteiger partial charge in [0, 0.05) is 19.2 Å². The van der Waals surface area contributed by atoms with E-state index in [9.17, 15) is 13.6 Å². The van der Waals surface area contributed by atoms with E-state index in [0.29, 0.717) is 24.4 Å². The molecule has 8 nitrogen and oxygen atoms in total. The van der Waals surface area contributed by atoms with E-state index < -0.39 is 6.61 Å². The molecule has 1 aromatic heterocycles. The Morgan fingerprint density at radius 3 is 2.75 bits per heavy atom. The Labute approximate surface area is 183 Å². The van der Waals surface area contributed by atoms with E-state index in [1.807, 2.05) is 29.2 Å².